The van der Waals surface area contributed by atoms with E-state index in [-0.39, 0.29) is 5.89 Å². The lowest BCUT2D eigenvalue weighted by Crippen LogP contribution is -2.46. The highest BCUT2D eigenvalue weighted by Crippen LogP contribution is 2.39. The number of urea groups is 1. The summed E-state index contributed by atoms with van der Waals surface area (Å²) in [5.41, 5.74) is 2.93. The van der Waals surface area contributed by atoms with Crippen LogP contribution in [0.4, 0.5) is 14.9 Å². The minimum absolute atomic E-state index is 0.217. The normalized spacial score (nSPS) is 16.1. The van der Waals surface area contributed by atoms with Gasteiger partial charge in [0.1, 0.15) is 5.82 Å². The lowest BCUT2D eigenvalue weighted by atomic mass is 9.94. The van der Waals surface area contributed by atoms with E-state index in [4.69, 9.17) is 27.7 Å². The van der Waals surface area contributed by atoms with Crippen molar-refractivity contribution in [1.29, 1.82) is 0 Å². The van der Waals surface area contributed by atoms with Gasteiger partial charge in [-0.15, -0.1) is 0 Å². The van der Waals surface area contributed by atoms with Crippen LogP contribution in [0.5, 0.6) is 0 Å². The summed E-state index contributed by atoms with van der Waals surface area (Å²) in [6.45, 7) is 1.76. The van der Waals surface area contributed by atoms with Crippen LogP contribution in [-0.4, -0.2) is 16.2 Å². The van der Waals surface area contributed by atoms with E-state index in [1.807, 2.05) is 18.2 Å². The predicted molar refractivity (Wildman–Crippen MR) is 129 cm³/mol. The zero-order valence-electron chi connectivity index (χ0n) is 17.8. The van der Waals surface area contributed by atoms with Crippen molar-refractivity contribution < 1.29 is 13.7 Å². The highest BCUT2D eigenvalue weighted by Gasteiger charge is 2.36. The summed E-state index contributed by atoms with van der Waals surface area (Å²) in [6, 6.07) is 19.0. The van der Waals surface area contributed by atoms with Crippen molar-refractivity contribution in [3.63, 3.8) is 0 Å². The topological polar surface area (TPSA) is 71.3 Å². The second-order valence-corrected chi connectivity index (χ2v) is 8.55. The van der Waals surface area contributed by atoms with E-state index in [9.17, 15) is 9.18 Å². The maximum Gasteiger partial charge on any atom is 0.327 e. The van der Waals surface area contributed by atoms with Crippen molar-refractivity contribution in [2.24, 2.45) is 0 Å². The van der Waals surface area contributed by atoms with Gasteiger partial charge >= 0.3 is 6.03 Å². The summed E-state index contributed by atoms with van der Waals surface area (Å²) in [7, 11) is 0. The van der Waals surface area contributed by atoms with E-state index in [1.54, 1.807) is 49.4 Å². The standard InChI is InChI=1S/C25H17Cl2FN4O2/c1-14-21(24-30-23(31-34-24)16-4-2-5-18(27)12-16)22(15-8-10-17(26)11-9-15)29-25(33)32(14)20-7-3-6-19(28)13-20/h2-13,22H,1H3,(H,29,33). The number of carbonyl (C=O) groups excluding carboxylic acids is 1. The lowest BCUT2D eigenvalue weighted by molar-refractivity contribution is 0.244. The highest BCUT2D eigenvalue weighted by molar-refractivity contribution is 6.31. The molecule has 5 rings (SSSR count). The first-order chi connectivity index (χ1) is 16.4. The van der Waals surface area contributed by atoms with E-state index < -0.39 is 17.9 Å². The average Bonchev–Trinajstić information content (AvgIpc) is 3.29. The summed E-state index contributed by atoms with van der Waals surface area (Å²) in [5.74, 6) is 0.108. The van der Waals surface area contributed by atoms with Gasteiger partial charge in [0.15, 0.2) is 0 Å². The van der Waals surface area contributed by atoms with Gasteiger partial charge in [0.25, 0.3) is 5.89 Å². The Hall–Kier alpha value is -3.68. The number of hydrogen-bond acceptors (Lipinski definition) is 4. The van der Waals surface area contributed by atoms with Gasteiger partial charge in [-0.1, -0.05) is 58.7 Å². The Kier molecular flexibility index (Phi) is 5.81. The number of amides is 2. The van der Waals surface area contributed by atoms with Crippen LogP contribution in [-0.2, 0) is 0 Å². The maximum absolute atomic E-state index is 14.0. The Morgan fingerprint density at radius 3 is 2.50 bits per heavy atom. The first-order valence-electron chi connectivity index (χ1n) is 10.3. The molecule has 0 spiro atoms. The van der Waals surface area contributed by atoms with Gasteiger partial charge in [0, 0.05) is 21.3 Å². The number of carbonyl (C=O) groups is 1. The first-order valence-corrected chi connectivity index (χ1v) is 11.1. The van der Waals surface area contributed by atoms with E-state index in [1.165, 1.54) is 17.0 Å². The molecular weight excluding hydrogens is 478 g/mol. The van der Waals surface area contributed by atoms with Crippen molar-refractivity contribution in [3.05, 3.63) is 106 Å². The molecule has 1 unspecified atom stereocenters. The molecule has 0 radical (unpaired) electrons. The van der Waals surface area contributed by atoms with Gasteiger partial charge in [0.05, 0.1) is 17.3 Å². The number of anilines is 1. The molecule has 6 nitrogen and oxygen atoms in total. The Labute approximate surface area is 204 Å². The number of allylic oxidation sites excluding steroid dienone is 1. The van der Waals surface area contributed by atoms with Crippen LogP contribution in [0.1, 0.15) is 24.4 Å². The van der Waals surface area contributed by atoms with Crippen molar-refractivity contribution >= 4 is 40.5 Å². The Bertz CT molecular complexity index is 1420. The molecule has 1 aliphatic rings. The van der Waals surface area contributed by atoms with Crippen LogP contribution in [0.25, 0.3) is 17.0 Å². The molecule has 2 amide bonds. The molecule has 0 fully saturated rings. The zero-order chi connectivity index (χ0) is 23.8. The molecule has 170 valence electrons. The fourth-order valence-electron chi connectivity index (χ4n) is 3.93. The Morgan fingerprint density at radius 1 is 1.00 bits per heavy atom. The number of nitrogens with one attached hydrogen (secondary N) is 1. The molecule has 0 bridgehead atoms. The molecule has 1 atom stereocenters. The third kappa shape index (κ3) is 4.16. The van der Waals surface area contributed by atoms with Crippen molar-refractivity contribution in [1.82, 2.24) is 15.5 Å². The van der Waals surface area contributed by atoms with Crippen molar-refractivity contribution in [2.75, 3.05) is 4.90 Å². The second-order valence-electron chi connectivity index (χ2n) is 7.68. The van der Waals surface area contributed by atoms with Crippen molar-refractivity contribution in [3.8, 4) is 11.4 Å². The fraction of sp³-hybridized carbons (Fsp3) is 0.0800. The zero-order valence-corrected chi connectivity index (χ0v) is 19.3. The molecule has 3 aromatic carbocycles. The molecule has 0 saturated carbocycles. The minimum atomic E-state index is -0.595. The fourth-order valence-corrected chi connectivity index (χ4v) is 4.25. The van der Waals surface area contributed by atoms with E-state index in [0.29, 0.717) is 38.4 Å². The summed E-state index contributed by atoms with van der Waals surface area (Å²) in [5, 5.41) is 8.20. The first kappa shape index (κ1) is 22.1. The summed E-state index contributed by atoms with van der Waals surface area (Å²) in [6.07, 6.45) is 0. The number of nitrogens with zero attached hydrogens (tertiary/aromatic N) is 3. The van der Waals surface area contributed by atoms with Gasteiger partial charge in [-0.3, -0.25) is 4.90 Å². The average molecular weight is 495 g/mol. The summed E-state index contributed by atoms with van der Waals surface area (Å²) in [4.78, 5) is 19.1. The third-order valence-electron chi connectivity index (χ3n) is 5.49. The number of rotatable bonds is 4. The molecular formula is C25H17Cl2FN4O2. The highest BCUT2D eigenvalue weighted by atomic mass is 35.5. The van der Waals surface area contributed by atoms with Crippen LogP contribution >= 0.6 is 23.2 Å². The molecule has 0 aliphatic carbocycles. The quantitative estimate of drug-likeness (QED) is 0.335. The van der Waals surface area contributed by atoms with Crippen LogP contribution < -0.4 is 10.2 Å². The van der Waals surface area contributed by atoms with E-state index in [0.717, 1.165) is 5.56 Å². The number of aromatic nitrogens is 2. The number of benzene rings is 3. The molecule has 1 N–H and O–H groups in total. The van der Waals surface area contributed by atoms with Crippen LogP contribution in [0.15, 0.2) is 83.0 Å². The molecule has 1 aromatic heterocycles. The number of hydrogen-bond donors (Lipinski definition) is 1. The third-order valence-corrected chi connectivity index (χ3v) is 5.98. The van der Waals surface area contributed by atoms with Gasteiger partial charge in [-0.05, 0) is 55.0 Å². The summed E-state index contributed by atoms with van der Waals surface area (Å²) >= 11 is 12.2. The minimum Gasteiger partial charge on any atom is -0.334 e. The largest absolute Gasteiger partial charge is 0.334 e. The molecule has 34 heavy (non-hydrogen) atoms. The maximum atomic E-state index is 14.0. The van der Waals surface area contributed by atoms with Gasteiger partial charge in [-0.25, -0.2) is 9.18 Å². The van der Waals surface area contributed by atoms with E-state index >= 15 is 0 Å². The second kappa shape index (κ2) is 8.93. The Balaban J connectivity index is 1.66. The summed E-state index contributed by atoms with van der Waals surface area (Å²) < 4.78 is 19.6. The molecule has 9 heteroatoms. The smallest absolute Gasteiger partial charge is 0.327 e. The van der Waals surface area contributed by atoms with Crippen LogP contribution in [0.2, 0.25) is 10.0 Å². The molecule has 0 saturated heterocycles. The molecule has 1 aliphatic heterocycles. The van der Waals surface area contributed by atoms with Crippen LogP contribution in [0, 0.1) is 5.82 Å². The van der Waals surface area contributed by atoms with Gasteiger partial charge in [0.2, 0.25) is 5.82 Å². The monoisotopic (exact) mass is 494 g/mol. The van der Waals surface area contributed by atoms with Crippen LogP contribution in [0.3, 0.4) is 0 Å². The van der Waals surface area contributed by atoms with Gasteiger partial charge in [-0.2, -0.15) is 4.98 Å². The SMILES string of the molecule is CC1=C(c2nc(-c3cccc(Cl)c3)no2)C(c2ccc(Cl)cc2)NC(=O)N1c1cccc(F)c1. The van der Waals surface area contributed by atoms with Crippen molar-refractivity contribution in [2.45, 2.75) is 13.0 Å². The molecule has 2 heterocycles. The molecule has 4 aromatic rings. The van der Waals surface area contributed by atoms with E-state index in [2.05, 4.69) is 15.5 Å². The number of halogens is 3. The lowest BCUT2D eigenvalue weighted by Gasteiger charge is -2.35. The Morgan fingerprint density at radius 2 is 1.76 bits per heavy atom. The van der Waals surface area contributed by atoms with Gasteiger partial charge < -0.3 is 9.84 Å². The predicted octanol–water partition coefficient (Wildman–Crippen LogP) is 6.88.